The number of hydrogen-bond acceptors (Lipinski definition) is 5. The van der Waals surface area contributed by atoms with Crippen molar-refractivity contribution in [3.05, 3.63) is 68.7 Å². The van der Waals surface area contributed by atoms with E-state index in [1.165, 1.54) is 0 Å². The second kappa shape index (κ2) is 7.30. The van der Waals surface area contributed by atoms with Crippen LogP contribution < -0.4 is 16.6 Å². The summed E-state index contributed by atoms with van der Waals surface area (Å²) in [5.41, 5.74) is -0.818. The number of aliphatic hydroxyl groups is 2. The maximum absolute atomic E-state index is 13.5. The standard InChI is InChI=1S/C17H20FN3O4/c18-12-9-21(17(25)20-16(12)24)13-6-11(14(22)15(13)23)8-19-7-10-4-2-1-3-5-10/h1-5,9,11,13-15,19,22-23H,6-8H2,(H,20,24,25)/t11-,13+,14+,15+/m0/s1. The first-order valence-electron chi connectivity index (χ1n) is 8.09. The second-order valence-corrected chi connectivity index (χ2v) is 6.30. The fraction of sp³-hybridized carbons (Fsp3) is 0.412. The summed E-state index contributed by atoms with van der Waals surface area (Å²) in [5, 5.41) is 23.7. The predicted octanol–water partition coefficient (Wildman–Crippen LogP) is -0.252. The Hall–Kier alpha value is -2.29. The van der Waals surface area contributed by atoms with Crippen molar-refractivity contribution >= 4 is 0 Å². The maximum Gasteiger partial charge on any atom is 0.328 e. The molecule has 1 aliphatic rings. The molecule has 3 rings (SSSR count). The van der Waals surface area contributed by atoms with Crippen LogP contribution in [0.25, 0.3) is 0 Å². The van der Waals surface area contributed by atoms with Gasteiger partial charge in [-0.15, -0.1) is 0 Å². The lowest BCUT2D eigenvalue weighted by atomic mass is 10.1. The van der Waals surface area contributed by atoms with Crippen molar-refractivity contribution in [3.8, 4) is 0 Å². The minimum Gasteiger partial charge on any atom is -0.390 e. The minimum atomic E-state index is -1.22. The number of aliphatic hydroxyl groups excluding tert-OH is 2. The summed E-state index contributed by atoms with van der Waals surface area (Å²) in [5.74, 6) is -1.41. The molecule has 0 saturated heterocycles. The monoisotopic (exact) mass is 349 g/mol. The summed E-state index contributed by atoms with van der Waals surface area (Å²) in [6.45, 7) is 1.04. The summed E-state index contributed by atoms with van der Waals surface area (Å²) in [7, 11) is 0. The van der Waals surface area contributed by atoms with Gasteiger partial charge >= 0.3 is 5.69 Å². The second-order valence-electron chi connectivity index (χ2n) is 6.30. The molecule has 1 aromatic heterocycles. The molecule has 1 heterocycles. The van der Waals surface area contributed by atoms with Crippen molar-refractivity contribution in [3.63, 3.8) is 0 Å². The van der Waals surface area contributed by atoms with Crippen LogP contribution in [0.15, 0.2) is 46.1 Å². The Morgan fingerprint density at radius 3 is 2.64 bits per heavy atom. The fourth-order valence-corrected chi connectivity index (χ4v) is 3.28. The van der Waals surface area contributed by atoms with Crippen molar-refractivity contribution in [2.24, 2.45) is 5.92 Å². The molecule has 0 bridgehead atoms. The van der Waals surface area contributed by atoms with Gasteiger partial charge in [-0.25, -0.2) is 4.79 Å². The van der Waals surface area contributed by atoms with Crippen molar-refractivity contribution in [1.82, 2.24) is 14.9 Å². The summed E-state index contributed by atoms with van der Waals surface area (Å²) >= 11 is 0. The molecule has 4 N–H and O–H groups in total. The smallest absolute Gasteiger partial charge is 0.328 e. The maximum atomic E-state index is 13.5. The highest BCUT2D eigenvalue weighted by molar-refractivity contribution is 5.14. The van der Waals surface area contributed by atoms with Gasteiger partial charge in [0, 0.05) is 19.0 Å². The van der Waals surface area contributed by atoms with Crippen LogP contribution in [0.3, 0.4) is 0 Å². The largest absolute Gasteiger partial charge is 0.390 e. The van der Waals surface area contributed by atoms with Crippen molar-refractivity contribution in [2.45, 2.75) is 31.2 Å². The Bertz CT molecular complexity index is 836. The van der Waals surface area contributed by atoms with Crippen LogP contribution in [0, 0.1) is 11.7 Å². The van der Waals surface area contributed by atoms with E-state index in [0.717, 1.165) is 16.3 Å². The Balaban J connectivity index is 1.68. The Morgan fingerprint density at radius 1 is 1.20 bits per heavy atom. The molecule has 7 nitrogen and oxygen atoms in total. The number of nitrogens with zero attached hydrogens (tertiary/aromatic N) is 1. The normalized spacial score (nSPS) is 26.0. The van der Waals surface area contributed by atoms with Gasteiger partial charge < -0.3 is 15.5 Å². The van der Waals surface area contributed by atoms with Crippen molar-refractivity contribution in [2.75, 3.05) is 6.54 Å². The summed E-state index contributed by atoms with van der Waals surface area (Å²) in [6, 6.07) is 8.93. The molecule has 2 aromatic rings. The molecule has 0 amide bonds. The van der Waals surface area contributed by atoms with E-state index in [1.54, 1.807) is 0 Å². The molecule has 25 heavy (non-hydrogen) atoms. The van der Waals surface area contributed by atoms with E-state index in [1.807, 2.05) is 35.3 Å². The fourth-order valence-electron chi connectivity index (χ4n) is 3.28. The predicted molar refractivity (Wildman–Crippen MR) is 88.6 cm³/mol. The quantitative estimate of drug-likeness (QED) is 0.595. The molecule has 0 radical (unpaired) electrons. The number of nitrogens with one attached hydrogen (secondary N) is 2. The lowest BCUT2D eigenvalue weighted by Crippen LogP contribution is -2.38. The average molecular weight is 349 g/mol. The van der Waals surface area contributed by atoms with Crippen molar-refractivity contribution < 1.29 is 14.6 Å². The van der Waals surface area contributed by atoms with Gasteiger partial charge in [0.2, 0.25) is 5.82 Å². The van der Waals surface area contributed by atoms with Gasteiger partial charge in [-0.2, -0.15) is 4.39 Å². The molecule has 8 heteroatoms. The van der Waals surface area contributed by atoms with Crippen molar-refractivity contribution in [1.29, 1.82) is 0 Å². The first-order valence-corrected chi connectivity index (χ1v) is 8.09. The van der Waals surface area contributed by atoms with Crippen LogP contribution in [0.5, 0.6) is 0 Å². The minimum absolute atomic E-state index is 0.287. The van der Waals surface area contributed by atoms with Crippen LogP contribution in [0.4, 0.5) is 4.39 Å². The third-order valence-corrected chi connectivity index (χ3v) is 4.63. The molecule has 0 spiro atoms. The van der Waals surface area contributed by atoms with E-state index in [-0.39, 0.29) is 12.3 Å². The summed E-state index contributed by atoms with van der Waals surface area (Å²) in [6.07, 6.45) is -1.20. The van der Waals surface area contributed by atoms with Gasteiger partial charge in [0.1, 0.15) is 6.10 Å². The van der Waals surface area contributed by atoms with E-state index in [4.69, 9.17) is 0 Å². The summed E-state index contributed by atoms with van der Waals surface area (Å²) in [4.78, 5) is 24.9. The number of halogens is 1. The van der Waals surface area contributed by atoms with Gasteiger partial charge in [-0.3, -0.25) is 14.3 Å². The molecule has 0 unspecified atom stereocenters. The molecule has 1 aromatic carbocycles. The number of aromatic nitrogens is 2. The molecule has 4 atom stereocenters. The number of rotatable bonds is 5. The Labute approximate surface area is 142 Å². The molecular weight excluding hydrogens is 329 g/mol. The van der Waals surface area contributed by atoms with E-state index in [0.29, 0.717) is 13.1 Å². The molecule has 1 fully saturated rings. The first-order chi connectivity index (χ1) is 12.0. The molecule has 1 saturated carbocycles. The third kappa shape index (κ3) is 3.71. The highest BCUT2D eigenvalue weighted by Crippen LogP contribution is 2.34. The van der Waals surface area contributed by atoms with Crippen LogP contribution in [-0.4, -0.2) is 38.5 Å². The van der Waals surface area contributed by atoms with E-state index >= 15 is 0 Å². The zero-order valence-electron chi connectivity index (χ0n) is 13.4. The first kappa shape index (κ1) is 17.5. The van der Waals surface area contributed by atoms with Crippen LogP contribution in [0.2, 0.25) is 0 Å². The average Bonchev–Trinajstić information content (AvgIpc) is 2.88. The zero-order valence-corrected chi connectivity index (χ0v) is 13.4. The highest BCUT2D eigenvalue weighted by atomic mass is 19.1. The zero-order chi connectivity index (χ0) is 18.0. The highest BCUT2D eigenvalue weighted by Gasteiger charge is 2.42. The molecule has 0 aliphatic heterocycles. The SMILES string of the molecule is O=c1[nH]c(=O)n([C@@H]2C[C@@H](CNCc3ccccc3)[C@@H](O)[C@@H]2O)cc1F. The molecular formula is C17H20FN3O4. The van der Waals surface area contributed by atoms with Gasteiger partial charge in [-0.1, -0.05) is 30.3 Å². The van der Waals surface area contributed by atoms with Crippen LogP contribution in [-0.2, 0) is 6.54 Å². The van der Waals surface area contributed by atoms with Gasteiger partial charge in [0.15, 0.2) is 0 Å². The van der Waals surface area contributed by atoms with Gasteiger partial charge in [0.25, 0.3) is 5.56 Å². The molecule has 134 valence electrons. The van der Waals surface area contributed by atoms with Gasteiger partial charge in [0.05, 0.1) is 18.3 Å². The number of hydrogen-bond donors (Lipinski definition) is 4. The van der Waals surface area contributed by atoms with E-state index in [2.05, 4.69) is 5.32 Å². The Kier molecular flexibility index (Phi) is 5.12. The van der Waals surface area contributed by atoms with Crippen LogP contribution >= 0.6 is 0 Å². The number of aromatic amines is 1. The van der Waals surface area contributed by atoms with E-state index < -0.39 is 35.3 Å². The van der Waals surface area contributed by atoms with Gasteiger partial charge in [-0.05, 0) is 12.0 Å². The summed E-state index contributed by atoms with van der Waals surface area (Å²) < 4.78 is 14.4. The number of benzene rings is 1. The topological polar surface area (TPSA) is 107 Å². The lowest BCUT2D eigenvalue weighted by Gasteiger charge is -2.18. The third-order valence-electron chi connectivity index (χ3n) is 4.63. The lowest BCUT2D eigenvalue weighted by molar-refractivity contribution is 0.00555. The van der Waals surface area contributed by atoms with E-state index in [9.17, 15) is 24.2 Å². The Morgan fingerprint density at radius 2 is 1.92 bits per heavy atom. The molecule has 1 aliphatic carbocycles. The number of H-pyrrole nitrogens is 1. The van der Waals surface area contributed by atoms with Crippen LogP contribution in [0.1, 0.15) is 18.0 Å².